The number of aliphatic hydroxyl groups is 1. The molecule has 1 aliphatic rings. The largest absolute Gasteiger partial charge is 0.481 e. The molecule has 0 bridgehead atoms. The summed E-state index contributed by atoms with van der Waals surface area (Å²) in [6.45, 7) is -1.18. The summed E-state index contributed by atoms with van der Waals surface area (Å²) in [6.07, 6.45) is -4.33. The van der Waals surface area contributed by atoms with Crippen molar-refractivity contribution in [2.45, 2.75) is 31.0 Å². The molecule has 1 saturated heterocycles. The zero-order chi connectivity index (χ0) is 32.2. The molecule has 23 nitrogen and oxygen atoms in total. The van der Waals surface area contributed by atoms with E-state index < -0.39 is 69.8 Å². The van der Waals surface area contributed by atoms with Crippen LogP contribution in [0.2, 0.25) is 0 Å². The molecule has 1 aromatic carbocycles. The number of benzene rings is 1. The molecule has 2 aromatic heterocycles. The number of azide groups is 1. The van der Waals surface area contributed by atoms with E-state index in [1.54, 1.807) is 0 Å². The second-order valence-corrected chi connectivity index (χ2v) is 11.6. The van der Waals surface area contributed by atoms with Crippen LogP contribution in [0.25, 0.3) is 21.6 Å². The molecule has 236 valence electrons. The Kier molecular flexibility index (Phi) is 9.76. The van der Waals surface area contributed by atoms with Crippen LogP contribution in [0.4, 0.5) is 22.9 Å². The number of esters is 1. The molecule has 1 aliphatic heterocycles. The molecule has 25 heteroatoms. The second-order valence-electron chi connectivity index (χ2n) is 8.75. The molecular weight excluding hydrogens is 638 g/mol. The van der Waals surface area contributed by atoms with Crippen molar-refractivity contribution in [3.63, 3.8) is 0 Å². The van der Waals surface area contributed by atoms with Gasteiger partial charge in [0.15, 0.2) is 23.8 Å². The summed E-state index contributed by atoms with van der Waals surface area (Å²) in [4.78, 5) is 65.2. The smallest absolute Gasteiger partial charge is 0.456 e. The molecule has 44 heavy (non-hydrogen) atoms. The van der Waals surface area contributed by atoms with E-state index in [0.717, 1.165) is 12.4 Å². The van der Waals surface area contributed by atoms with E-state index >= 15 is 0 Å². The van der Waals surface area contributed by atoms with Gasteiger partial charge in [-0.1, -0.05) is 11.2 Å². The number of phosphoric acid groups is 2. The van der Waals surface area contributed by atoms with Crippen molar-refractivity contribution in [1.29, 1.82) is 0 Å². The number of nitrogens with one attached hydrogen (secondary N) is 1. The predicted molar refractivity (Wildman–Crippen MR) is 143 cm³/mol. The van der Waals surface area contributed by atoms with Gasteiger partial charge in [0.05, 0.1) is 24.3 Å². The molecule has 5 atom stereocenters. The number of anilines is 2. The van der Waals surface area contributed by atoms with Gasteiger partial charge in [-0.05, 0) is 11.6 Å². The first-order valence-corrected chi connectivity index (χ1v) is 15.0. The molecular formula is C19H22N10O13P2. The molecule has 3 aromatic rings. The van der Waals surface area contributed by atoms with Crippen LogP contribution in [0.1, 0.15) is 12.6 Å². The number of rotatable bonds is 13. The molecule has 1 unspecified atom stereocenters. The molecule has 7 N–H and O–H groups in total. The lowest BCUT2D eigenvalue weighted by atomic mass is 10.1. The van der Waals surface area contributed by atoms with E-state index in [1.807, 2.05) is 0 Å². The third kappa shape index (κ3) is 7.81. The number of fused-ring (bicyclic) bond motifs is 1. The maximum Gasteiger partial charge on any atom is 0.481 e. The van der Waals surface area contributed by atoms with Crippen molar-refractivity contribution in [2.24, 2.45) is 5.11 Å². The molecule has 4 rings (SSSR count). The van der Waals surface area contributed by atoms with Gasteiger partial charge >= 0.3 is 21.6 Å². The Labute approximate surface area is 244 Å². The number of phosphoric ester groups is 1. The summed E-state index contributed by atoms with van der Waals surface area (Å²) in [5.74, 6) is -0.968. The average molecular weight is 660 g/mol. The third-order valence-electron chi connectivity index (χ3n) is 5.83. The van der Waals surface area contributed by atoms with Crippen LogP contribution in [-0.4, -0.2) is 81.7 Å². The highest BCUT2D eigenvalue weighted by Crippen LogP contribution is 2.57. The SMILES string of the molecule is [N-]=[N+]=Nc1ccc(NCCC(=O)O[C@H]2[C@@H](O)[C@H](n3cnc4c(N)ncnc43)O[C@@H]2COP(=O)(O)OP(=O)(O)O)c([N+](=O)[O-])c1. The number of nitro groups is 1. The molecule has 0 spiro atoms. The van der Waals surface area contributed by atoms with Crippen LogP contribution < -0.4 is 11.1 Å². The van der Waals surface area contributed by atoms with Gasteiger partial charge in [0.2, 0.25) is 0 Å². The number of nitrogens with zero attached hydrogens (tertiary/aromatic N) is 8. The topological polar surface area (TPSA) is 343 Å². The summed E-state index contributed by atoms with van der Waals surface area (Å²) < 4.78 is 43.6. The summed E-state index contributed by atoms with van der Waals surface area (Å²) in [5, 5.41) is 28.4. The summed E-state index contributed by atoms with van der Waals surface area (Å²) >= 11 is 0. The lowest BCUT2D eigenvalue weighted by Crippen LogP contribution is -2.38. The van der Waals surface area contributed by atoms with E-state index in [1.165, 1.54) is 23.0 Å². The Morgan fingerprint density at radius 3 is 2.73 bits per heavy atom. The van der Waals surface area contributed by atoms with Crippen LogP contribution in [-0.2, 0) is 32.2 Å². The van der Waals surface area contributed by atoms with Gasteiger partial charge in [0.25, 0.3) is 5.69 Å². The Balaban J connectivity index is 1.49. The van der Waals surface area contributed by atoms with E-state index in [2.05, 4.69) is 39.1 Å². The van der Waals surface area contributed by atoms with Crippen molar-refractivity contribution < 1.29 is 56.9 Å². The minimum Gasteiger partial charge on any atom is -0.456 e. The summed E-state index contributed by atoms with van der Waals surface area (Å²) in [5.41, 5.74) is 14.1. The number of nitrogen functional groups attached to an aromatic ring is 1. The number of nitrogens with two attached hydrogens (primary N) is 1. The number of aliphatic hydroxyl groups excluding tert-OH is 1. The highest BCUT2D eigenvalue weighted by Gasteiger charge is 2.49. The first-order valence-electron chi connectivity index (χ1n) is 12.0. The van der Waals surface area contributed by atoms with Crippen LogP contribution in [0, 0.1) is 10.1 Å². The highest BCUT2D eigenvalue weighted by molar-refractivity contribution is 7.60. The van der Waals surface area contributed by atoms with Crippen molar-refractivity contribution in [2.75, 3.05) is 24.2 Å². The van der Waals surface area contributed by atoms with Crippen LogP contribution in [0.3, 0.4) is 0 Å². The summed E-state index contributed by atoms with van der Waals surface area (Å²) in [6, 6.07) is 3.59. The lowest BCUT2D eigenvalue weighted by Gasteiger charge is -2.21. The quantitative estimate of drug-likeness (QED) is 0.0285. The van der Waals surface area contributed by atoms with Gasteiger partial charge in [-0.25, -0.2) is 24.1 Å². The lowest BCUT2D eigenvalue weighted by molar-refractivity contribution is -0.383. The number of carbonyl (C=O) groups excluding carboxylic acids is 1. The van der Waals surface area contributed by atoms with Crippen LogP contribution in [0.15, 0.2) is 36.0 Å². The molecule has 0 aliphatic carbocycles. The van der Waals surface area contributed by atoms with Gasteiger partial charge in [0, 0.05) is 23.2 Å². The normalized spacial score (nSPS) is 21.4. The van der Waals surface area contributed by atoms with Crippen molar-refractivity contribution in [3.05, 3.63) is 51.4 Å². The van der Waals surface area contributed by atoms with E-state index in [9.17, 15) is 34.0 Å². The molecule has 1 fully saturated rings. The monoisotopic (exact) mass is 660 g/mol. The van der Waals surface area contributed by atoms with Gasteiger partial charge < -0.3 is 40.3 Å². The highest BCUT2D eigenvalue weighted by atomic mass is 31.3. The molecule has 3 heterocycles. The fraction of sp³-hybridized carbons (Fsp3) is 0.368. The summed E-state index contributed by atoms with van der Waals surface area (Å²) in [7, 11) is -10.8. The maximum absolute atomic E-state index is 12.7. The van der Waals surface area contributed by atoms with Crippen LogP contribution in [0.5, 0.6) is 0 Å². The van der Waals surface area contributed by atoms with Gasteiger partial charge in [-0.15, -0.1) is 0 Å². The van der Waals surface area contributed by atoms with Gasteiger partial charge in [-0.3, -0.25) is 24.0 Å². The van der Waals surface area contributed by atoms with Gasteiger partial charge in [0.1, 0.15) is 29.7 Å². The van der Waals surface area contributed by atoms with Crippen LogP contribution >= 0.6 is 15.6 Å². The number of carbonyl (C=O) groups is 1. The van der Waals surface area contributed by atoms with Crippen molar-refractivity contribution in [3.8, 4) is 0 Å². The molecule has 0 saturated carbocycles. The zero-order valence-electron chi connectivity index (χ0n) is 21.8. The minimum atomic E-state index is -5.46. The standard InChI is InChI=1S/C19H22N10O13P2/c20-17-14-18(24-7-23-17)28(8-25-14)19-15(31)16(12(40-19)6-39-44(37,38)42-43(34,35)36)41-13(30)3-4-22-10-2-1-9(26-27-21)5-11(10)29(32)33/h1-2,5,7-8,12,15-16,19,22,31H,3-4,6H2,(H,37,38)(H2,20,23,24)(H2,34,35,36)/t12-,15-,16-,19-/m1/s1. The average Bonchev–Trinajstić information content (AvgIpc) is 3.49. The fourth-order valence-corrected chi connectivity index (χ4v) is 5.65. The van der Waals surface area contributed by atoms with E-state index in [0.29, 0.717) is 0 Å². The number of hydrogen-bond donors (Lipinski definition) is 6. The predicted octanol–water partition coefficient (Wildman–Crippen LogP) is 1.16. The Morgan fingerprint density at radius 1 is 1.30 bits per heavy atom. The number of nitro benzene ring substituents is 1. The molecule has 0 radical (unpaired) electrons. The van der Waals surface area contributed by atoms with E-state index in [-0.39, 0.29) is 34.9 Å². The number of aromatic nitrogens is 4. The van der Waals surface area contributed by atoms with Gasteiger partial charge in [-0.2, -0.15) is 4.31 Å². The Morgan fingerprint density at radius 2 is 2.05 bits per heavy atom. The second kappa shape index (κ2) is 13.2. The van der Waals surface area contributed by atoms with E-state index in [4.69, 9.17) is 30.5 Å². The fourth-order valence-electron chi connectivity index (χ4n) is 4.06. The van der Waals surface area contributed by atoms with Crippen molar-refractivity contribution in [1.82, 2.24) is 19.5 Å². The Bertz CT molecular complexity index is 1710. The molecule has 0 amide bonds. The Hall–Kier alpha value is -4.27. The minimum absolute atomic E-state index is 0.0000650. The third-order valence-corrected chi connectivity index (χ3v) is 7.98. The number of imidazole rings is 1. The maximum atomic E-state index is 12.7. The zero-order valence-corrected chi connectivity index (χ0v) is 23.6. The number of hydrogen-bond acceptors (Lipinski definition) is 16. The first-order chi connectivity index (χ1) is 20.7. The van der Waals surface area contributed by atoms with Crippen molar-refractivity contribution >= 4 is 55.7 Å². The number of ether oxygens (including phenoxy) is 2. The first kappa shape index (κ1) is 32.6.